The molecule has 0 saturated heterocycles. The third-order valence-corrected chi connectivity index (χ3v) is 4.80. The third-order valence-electron chi connectivity index (χ3n) is 4.57. The molecule has 4 nitrogen and oxygen atoms in total. The molecule has 0 unspecified atom stereocenters. The highest BCUT2D eigenvalue weighted by Crippen LogP contribution is 2.32. The molecule has 1 heterocycles. The molecule has 1 amide bonds. The lowest BCUT2D eigenvalue weighted by atomic mass is 9.95. The molecule has 0 fully saturated rings. The first-order valence-electron chi connectivity index (χ1n) is 8.98. The number of nitrogens with one attached hydrogen (secondary N) is 1. The molecule has 0 atom stereocenters. The summed E-state index contributed by atoms with van der Waals surface area (Å²) in [4.78, 5) is 25.3. The van der Waals surface area contributed by atoms with E-state index < -0.39 is 23.2 Å². The molecule has 4 rings (SSSR count). The van der Waals surface area contributed by atoms with Crippen LogP contribution in [0.4, 0.5) is 14.5 Å². The van der Waals surface area contributed by atoms with Crippen LogP contribution in [0.5, 0.6) is 0 Å². The molecule has 0 bridgehead atoms. The van der Waals surface area contributed by atoms with Crippen LogP contribution < -0.4 is 10.9 Å². The summed E-state index contributed by atoms with van der Waals surface area (Å²) in [6.07, 6.45) is -0.369. The Morgan fingerprint density at radius 2 is 1.77 bits per heavy atom. The molecule has 0 spiro atoms. The van der Waals surface area contributed by atoms with E-state index in [2.05, 4.69) is 5.32 Å². The Balaban J connectivity index is 1.81. The number of halogens is 3. The van der Waals surface area contributed by atoms with Gasteiger partial charge in [0.05, 0.1) is 17.7 Å². The Labute approximate surface area is 174 Å². The van der Waals surface area contributed by atoms with Crippen LogP contribution in [0, 0.1) is 11.6 Å². The summed E-state index contributed by atoms with van der Waals surface area (Å²) in [6, 6.07) is 16.7. The number of amides is 1. The lowest BCUT2D eigenvalue weighted by Gasteiger charge is -2.13. The van der Waals surface area contributed by atoms with Crippen molar-refractivity contribution in [2.75, 3.05) is 5.32 Å². The molecule has 1 aromatic heterocycles. The number of hydrogen-bond acceptors (Lipinski definition) is 3. The average molecular weight is 426 g/mol. The van der Waals surface area contributed by atoms with E-state index in [4.69, 9.17) is 16.0 Å². The molecule has 0 saturated carbocycles. The summed E-state index contributed by atoms with van der Waals surface area (Å²) in [5, 5.41) is 3.38. The zero-order valence-corrected chi connectivity index (χ0v) is 16.2. The normalized spacial score (nSPS) is 10.9. The van der Waals surface area contributed by atoms with Crippen LogP contribution in [-0.2, 0) is 11.2 Å². The van der Waals surface area contributed by atoms with Crippen LogP contribution in [0.2, 0.25) is 5.02 Å². The maximum atomic E-state index is 13.9. The fraction of sp³-hybridized carbons (Fsp3) is 0.0435. The van der Waals surface area contributed by atoms with Gasteiger partial charge >= 0.3 is 5.63 Å². The second-order valence-electron chi connectivity index (χ2n) is 6.60. The predicted octanol–water partition coefficient (Wildman–Crippen LogP) is 5.57. The Bertz CT molecular complexity index is 1320. The lowest BCUT2D eigenvalue weighted by Crippen LogP contribution is -2.21. The van der Waals surface area contributed by atoms with Crippen molar-refractivity contribution in [2.24, 2.45) is 0 Å². The van der Waals surface area contributed by atoms with Crippen molar-refractivity contribution in [1.82, 2.24) is 0 Å². The molecule has 0 aliphatic heterocycles. The second kappa shape index (κ2) is 8.08. The minimum absolute atomic E-state index is 0.107. The lowest BCUT2D eigenvalue weighted by molar-refractivity contribution is -0.115. The standard InChI is InChI=1S/C23H14ClF2NO3/c24-14-6-9-20-16(10-14)22(13-4-2-1-3-5-13)17(23(29)30-20)12-21(28)27-19-8-7-15(25)11-18(19)26/h1-11H,12H2,(H,27,28). The number of hydrogen-bond donors (Lipinski definition) is 1. The van der Waals surface area contributed by atoms with Crippen molar-refractivity contribution < 1.29 is 18.0 Å². The summed E-state index contributed by atoms with van der Waals surface area (Å²) in [6.45, 7) is 0. The smallest absolute Gasteiger partial charge is 0.340 e. The van der Waals surface area contributed by atoms with E-state index >= 15 is 0 Å². The molecule has 7 heteroatoms. The van der Waals surface area contributed by atoms with E-state index in [9.17, 15) is 18.4 Å². The first-order chi connectivity index (χ1) is 14.4. The Kier molecular flexibility index (Phi) is 5.33. The van der Waals surface area contributed by atoms with E-state index in [1.165, 1.54) is 0 Å². The van der Waals surface area contributed by atoms with Gasteiger partial charge in [0.15, 0.2) is 0 Å². The second-order valence-corrected chi connectivity index (χ2v) is 7.04. The number of benzene rings is 3. The van der Waals surface area contributed by atoms with Gasteiger partial charge < -0.3 is 9.73 Å². The average Bonchev–Trinajstić information content (AvgIpc) is 2.72. The summed E-state index contributed by atoms with van der Waals surface area (Å²) in [7, 11) is 0. The molecule has 0 aliphatic rings. The molecule has 3 aromatic carbocycles. The number of anilines is 1. The van der Waals surface area contributed by atoms with E-state index in [0.29, 0.717) is 33.2 Å². The van der Waals surface area contributed by atoms with E-state index in [1.54, 1.807) is 42.5 Å². The molecule has 4 aromatic rings. The monoisotopic (exact) mass is 425 g/mol. The maximum Gasteiger partial charge on any atom is 0.340 e. The van der Waals surface area contributed by atoms with Crippen LogP contribution in [0.15, 0.2) is 75.9 Å². The van der Waals surface area contributed by atoms with E-state index in [-0.39, 0.29) is 17.7 Å². The quantitative estimate of drug-likeness (QED) is 0.435. The van der Waals surface area contributed by atoms with Crippen LogP contribution in [-0.4, -0.2) is 5.91 Å². The first kappa shape index (κ1) is 19.8. The molecule has 30 heavy (non-hydrogen) atoms. The van der Waals surface area contributed by atoms with E-state index in [1.807, 2.05) is 6.07 Å². The molecular formula is C23H14ClF2NO3. The summed E-state index contributed by atoms with van der Waals surface area (Å²) < 4.78 is 32.3. The minimum Gasteiger partial charge on any atom is -0.422 e. The van der Waals surface area contributed by atoms with Crippen molar-refractivity contribution in [2.45, 2.75) is 6.42 Å². The molecule has 0 aliphatic carbocycles. The number of carbonyl (C=O) groups excluding carboxylic acids is 1. The van der Waals surface area contributed by atoms with Crippen LogP contribution in [0.25, 0.3) is 22.1 Å². The molecular weight excluding hydrogens is 412 g/mol. The SMILES string of the molecule is O=C(Cc1c(-c2ccccc2)c2cc(Cl)ccc2oc1=O)Nc1ccc(F)cc1F. The first-order valence-corrected chi connectivity index (χ1v) is 9.36. The summed E-state index contributed by atoms with van der Waals surface area (Å²) >= 11 is 6.14. The Morgan fingerprint density at radius 3 is 2.50 bits per heavy atom. The van der Waals surface area contributed by atoms with Crippen molar-refractivity contribution in [3.63, 3.8) is 0 Å². The van der Waals surface area contributed by atoms with Crippen LogP contribution in [0.1, 0.15) is 5.56 Å². The summed E-state index contributed by atoms with van der Waals surface area (Å²) in [5.41, 5.74) is 0.787. The van der Waals surface area contributed by atoms with Gasteiger partial charge in [0.1, 0.15) is 17.2 Å². The molecule has 150 valence electrons. The van der Waals surface area contributed by atoms with Crippen molar-refractivity contribution in [3.8, 4) is 11.1 Å². The molecule has 0 radical (unpaired) electrons. The largest absolute Gasteiger partial charge is 0.422 e. The summed E-state index contributed by atoms with van der Waals surface area (Å²) in [5.74, 6) is -2.32. The van der Waals surface area contributed by atoms with Gasteiger partial charge in [-0.3, -0.25) is 4.79 Å². The van der Waals surface area contributed by atoms with Crippen LogP contribution >= 0.6 is 11.6 Å². The maximum absolute atomic E-state index is 13.9. The minimum atomic E-state index is -0.913. The fourth-order valence-corrected chi connectivity index (χ4v) is 3.43. The highest BCUT2D eigenvalue weighted by molar-refractivity contribution is 6.31. The van der Waals surface area contributed by atoms with Gasteiger partial charge in [0, 0.05) is 22.0 Å². The zero-order valence-electron chi connectivity index (χ0n) is 15.4. The Hall–Kier alpha value is -3.51. The fourth-order valence-electron chi connectivity index (χ4n) is 3.25. The highest BCUT2D eigenvalue weighted by Gasteiger charge is 2.20. The van der Waals surface area contributed by atoms with Crippen molar-refractivity contribution in [3.05, 3.63) is 99.4 Å². The topological polar surface area (TPSA) is 59.3 Å². The molecule has 1 N–H and O–H groups in total. The van der Waals surface area contributed by atoms with E-state index in [0.717, 1.165) is 12.1 Å². The van der Waals surface area contributed by atoms with Gasteiger partial charge in [-0.2, -0.15) is 0 Å². The zero-order chi connectivity index (χ0) is 21.3. The van der Waals surface area contributed by atoms with Crippen molar-refractivity contribution >= 4 is 34.2 Å². The van der Waals surface area contributed by atoms with Gasteiger partial charge in [-0.25, -0.2) is 13.6 Å². The van der Waals surface area contributed by atoms with Gasteiger partial charge in [0.2, 0.25) is 5.91 Å². The third kappa shape index (κ3) is 3.95. The van der Waals surface area contributed by atoms with Gasteiger partial charge in [-0.1, -0.05) is 41.9 Å². The van der Waals surface area contributed by atoms with Gasteiger partial charge in [-0.15, -0.1) is 0 Å². The van der Waals surface area contributed by atoms with Gasteiger partial charge in [-0.05, 0) is 35.9 Å². The predicted molar refractivity (Wildman–Crippen MR) is 112 cm³/mol. The van der Waals surface area contributed by atoms with Crippen LogP contribution in [0.3, 0.4) is 0 Å². The number of carbonyl (C=O) groups is 1. The number of rotatable bonds is 4. The van der Waals surface area contributed by atoms with Gasteiger partial charge in [0.25, 0.3) is 0 Å². The Morgan fingerprint density at radius 1 is 1.00 bits per heavy atom. The van der Waals surface area contributed by atoms with Crippen molar-refractivity contribution in [1.29, 1.82) is 0 Å². The highest BCUT2D eigenvalue weighted by atomic mass is 35.5. The number of fused-ring (bicyclic) bond motifs is 1.